The topological polar surface area (TPSA) is 36.7 Å². The van der Waals surface area contributed by atoms with Gasteiger partial charge >= 0.3 is 0 Å². The number of hydrogen-bond acceptors (Lipinski definition) is 2. The summed E-state index contributed by atoms with van der Waals surface area (Å²) < 4.78 is 0.725. The van der Waals surface area contributed by atoms with Crippen LogP contribution in [-0.4, -0.2) is 4.98 Å². The first-order valence-electron chi connectivity index (χ1n) is 3.82. The van der Waals surface area contributed by atoms with Crippen LogP contribution in [0.2, 0.25) is 5.02 Å². The molecule has 68 valence electrons. The largest absolute Gasteiger partial charge is 0.258 e. The van der Waals surface area contributed by atoms with Gasteiger partial charge < -0.3 is 0 Å². The number of nitriles is 1. The maximum Gasteiger partial charge on any atom is 0.102 e. The fraction of sp³-hybridized carbons (Fsp3) is 0.333. The summed E-state index contributed by atoms with van der Waals surface area (Å²) in [4.78, 5) is 4.16. The van der Waals surface area contributed by atoms with Crippen LogP contribution in [0.25, 0.3) is 0 Å². The van der Waals surface area contributed by atoms with Crippen LogP contribution < -0.4 is 0 Å². The maximum absolute atomic E-state index is 8.68. The first kappa shape index (κ1) is 10.5. The fourth-order valence-corrected chi connectivity index (χ4v) is 1.92. The highest BCUT2D eigenvalue weighted by molar-refractivity contribution is 9.10. The van der Waals surface area contributed by atoms with Crippen molar-refractivity contribution < 1.29 is 0 Å². The van der Waals surface area contributed by atoms with Crippen LogP contribution in [-0.2, 0) is 0 Å². The SMILES string of the molecule is CC(C)c1ncc(C#N)c(Cl)c1Br. The van der Waals surface area contributed by atoms with E-state index in [1.165, 1.54) is 6.20 Å². The Morgan fingerprint density at radius 3 is 2.69 bits per heavy atom. The summed E-state index contributed by atoms with van der Waals surface area (Å²) in [5.41, 5.74) is 1.28. The van der Waals surface area contributed by atoms with E-state index in [9.17, 15) is 0 Å². The number of hydrogen-bond donors (Lipinski definition) is 0. The van der Waals surface area contributed by atoms with Gasteiger partial charge in [0.2, 0.25) is 0 Å². The van der Waals surface area contributed by atoms with Crippen molar-refractivity contribution in [2.45, 2.75) is 19.8 Å². The van der Waals surface area contributed by atoms with Crippen molar-refractivity contribution in [3.05, 3.63) is 26.9 Å². The Bertz CT molecular complexity index is 369. The third kappa shape index (κ3) is 2.01. The number of nitrogens with zero attached hydrogens (tertiary/aromatic N) is 2. The molecule has 13 heavy (non-hydrogen) atoms. The minimum atomic E-state index is 0.291. The Hall–Kier alpha value is -0.590. The van der Waals surface area contributed by atoms with E-state index < -0.39 is 0 Å². The number of pyridine rings is 1. The Morgan fingerprint density at radius 2 is 2.23 bits per heavy atom. The quantitative estimate of drug-likeness (QED) is 0.774. The molecule has 1 rings (SSSR count). The van der Waals surface area contributed by atoms with Crippen LogP contribution in [0.1, 0.15) is 31.0 Å². The lowest BCUT2D eigenvalue weighted by molar-refractivity contribution is 0.815. The van der Waals surface area contributed by atoms with Gasteiger partial charge in [-0.1, -0.05) is 25.4 Å². The summed E-state index contributed by atoms with van der Waals surface area (Å²) in [5.74, 6) is 0.291. The van der Waals surface area contributed by atoms with Crippen LogP contribution in [0.15, 0.2) is 10.7 Å². The number of rotatable bonds is 1. The molecule has 0 unspecified atom stereocenters. The predicted molar refractivity (Wildman–Crippen MR) is 55.8 cm³/mol. The summed E-state index contributed by atoms with van der Waals surface area (Å²) in [7, 11) is 0. The van der Waals surface area contributed by atoms with Crippen LogP contribution in [0.5, 0.6) is 0 Å². The van der Waals surface area contributed by atoms with Crippen molar-refractivity contribution in [3.8, 4) is 6.07 Å². The fourth-order valence-electron chi connectivity index (χ4n) is 0.959. The van der Waals surface area contributed by atoms with Gasteiger partial charge in [0.15, 0.2) is 0 Å². The van der Waals surface area contributed by atoms with Gasteiger partial charge in [-0.2, -0.15) is 5.26 Å². The normalized spacial score (nSPS) is 10.2. The molecular weight excluding hydrogens is 251 g/mol. The molecule has 0 spiro atoms. The molecule has 4 heteroatoms. The molecule has 1 heterocycles. The van der Waals surface area contributed by atoms with Gasteiger partial charge in [0, 0.05) is 6.20 Å². The van der Waals surface area contributed by atoms with Crippen molar-refractivity contribution >= 4 is 27.5 Å². The molecule has 0 atom stereocenters. The van der Waals surface area contributed by atoms with E-state index in [4.69, 9.17) is 16.9 Å². The minimum absolute atomic E-state index is 0.291. The molecule has 0 bridgehead atoms. The summed E-state index contributed by atoms with van der Waals surface area (Å²) in [6.07, 6.45) is 1.50. The van der Waals surface area contributed by atoms with Gasteiger partial charge in [0.25, 0.3) is 0 Å². The lowest BCUT2D eigenvalue weighted by atomic mass is 10.1. The second kappa shape index (κ2) is 4.08. The molecule has 0 saturated carbocycles. The second-order valence-electron chi connectivity index (χ2n) is 2.95. The van der Waals surface area contributed by atoms with E-state index in [0.717, 1.165) is 10.2 Å². The summed E-state index contributed by atoms with van der Waals surface area (Å²) in [5, 5.41) is 9.12. The molecule has 0 aliphatic rings. The molecular formula is C9H8BrClN2. The van der Waals surface area contributed by atoms with E-state index in [1.807, 2.05) is 19.9 Å². The van der Waals surface area contributed by atoms with Crippen molar-refractivity contribution in [2.75, 3.05) is 0 Å². The van der Waals surface area contributed by atoms with E-state index >= 15 is 0 Å². The average Bonchev–Trinajstić information content (AvgIpc) is 2.09. The van der Waals surface area contributed by atoms with E-state index in [1.54, 1.807) is 0 Å². The Labute approximate surface area is 90.7 Å². The van der Waals surface area contributed by atoms with Crippen molar-refractivity contribution in [3.63, 3.8) is 0 Å². The number of aromatic nitrogens is 1. The minimum Gasteiger partial charge on any atom is -0.258 e. The van der Waals surface area contributed by atoms with E-state index in [0.29, 0.717) is 16.5 Å². The van der Waals surface area contributed by atoms with Crippen LogP contribution >= 0.6 is 27.5 Å². The zero-order valence-corrected chi connectivity index (χ0v) is 9.65. The highest BCUT2D eigenvalue weighted by Crippen LogP contribution is 2.31. The maximum atomic E-state index is 8.68. The first-order valence-corrected chi connectivity index (χ1v) is 4.99. The van der Waals surface area contributed by atoms with Gasteiger partial charge in [0.1, 0.15) is 6.07 Å². The van der Waals surface area contributed by atoms with E-state index in [2.05, 4.69) is 20.9 Å². The van der Waals surface area contributed by atoms with Gasteiger partial charge in [-0.05, 0) is 21.8 Å². The smallest absolute Gasteiger partial charge is 0.102 e. The van der Waals surface area contributed by atoms with Crippen LogP contribution in [0.4, 0.5) is 0 Å². The Kier molecular flexibility index (Phi) is 3.29. The van der Waals surface area contributed by atoms with Crippen LogP contribution in [0, 0.1) is 11.3 Å². The molecule has 0 aromatic carbocycles. The third-order valence-corrected chi connectivity index (χ3v) is 3.08. The molecule has 0 fully saturated rings. The molecule has 0 saturated heterocycles. The van der Waals surface area contributed by atoms with Crippen LogP contribution in [0.3, 0.4) is 0 Å². The summed E-state index contributed by atoms with van der Waals surface area (Å²) >= 11 is 9.26. The summed E-state index contributed by atoms with van der Waals surface area (Å²) in [6.45, 7) is 4.05. The van der Waals surface area contributed by atoms with Crippen molar-refractivity contribution in [1.29, 1.82) is 5.26 Å². The lowest BCUT2D eigenvalue weighted by Gasteiger charge is -2.08. The highest BCUT2D eigenvalue weighted by atomic mass is 79.9. The molecule has 1 aromatic rings. The molecule has 0 aliphatic carbocycles. The zero-order chi connectivity index (χ0) is 10.0. The van der Waals surface area contributed by atoms with Crippen molar-refractivity contribution in [2.24, 2.45) is 0 Å². The van der Waals surface area contributed by atoms with Crippen molar-refractivity contribution in [1.82, 2.24) is 4.98 Å². The van der Waals surface area contributed by atoms with Gasteiger partial charge in [-0.15, -0.1) is 0 Å². The molecule has 2 nitrogen and oxygen atoms in total. The number of halogens is 2. The zero-order valence-electron chi connectivity index (χ0n) is 7.31. The van der Waals surface area contributed by atoms with Gasteiger partial charge in [-0.3, -0.25) is 4.98 Å². The Morgan fingerprint density at radius 1 is 1.62 bits per heavy atom. The predicted octanol–water partition coefficient (Wildman–Crippen LogP) is 3.49. The molecule has 0 aliphatic heterocycles. The average molecular weight is 260 g/mol. The molecule has 0 amide bonds. The first-order chi connectivity index (χ1) is 6.07. The highest BCUT2D eigenvalue weighted by Gasteiger charge is 2.12. The third-order valence-electron chi connectivity index (χ3n) is 1.65. The lowest BCUT2D eigenvalue weighted by Crippen LogP contribution is -1.96. The molecule has 1 aromatic heterocycles. The summed E-state index contributed by atoms with van der Waals surface area (Å²) in [6, 6.07) is 1.98. The second-order valence-corrected chi connectivity index (χ2v) is 4.12. The molecule has 0 N–H and O–H groups in total. The van der Waals surface area contributed by atoms with Gasteiger partial charge in [-0.25, -0.2) is 0 Å². The van der Waals surface area contributed by atoms with Gasteiger partial charge in [0.05, 0.1) is 20.8 Å². The monoisotopic (exact) mass is 258 g/mol. The van der Waals surface area contributed by atoms with E-state index in [-0.39, 0.29) is 0 Å². The standard InChI is InChI=1S/C9H8BrClN2/c1-5(2)9-7(10)8(11)6(3-12)4-13-9/h4-5H,1-2H3. The molecule has 0 radical (unpaired) electrons. The Balaban J connectivity index is 3.33.